The normalized spacial score (nSPS) is 11.8. The fourth-order valence-electron chi connectivity index (χ4n) is 2.17. The Morgan fingerprint density at radius 1 is 1.30 bits per heavy atom. The van der Waals surface area contributed by atoms with Gasteiger partial charge in [0.1, 0.15) is 5.84 Å². The van der Waals surface area contributed by atoms with Gasteiger partial charge in [0.25, 0.3) is 0 Å². The summed E-state index contributed by atoms with van der Waals surface area (Å²) in [7, 11) is 0. The van der Waals surface area contributed by atoms with Gasteiger partial charge in [-0.05, 0) is 13.8 Å². The first-order valence-electron chi connectivity index (χ1n) is 6.60. The number of aryl methyl sites for hydroxylation is 1. The first kappa shape index (κ1) is 14.0. The zero-order chi connectivity index (χ0) is 14.5. The van der Waals surface area contributed by atoms with E-state index in [1.54, 1.807) is 0 Å². The summed E-state index contributed by atoms with van der Waals surface area (Å²) in [6.07, 6.45) is 0.480. The van der Waals surface area contributed by atoms with Crippen LogP contribution in [0.1, 0.15) is 19.0 Å². The molecule has 106 valence electrons. The van der Waals surface area contributed by atoms with Gasteiger partial charge in [-0.15, -0.1) is 5.10 Å². The number of rotatable bonds is 5. The summed E-state index contributed by atoms with van der Waals surface area (Å²) in [4.78, 5) is 2.08. The van der Waals surface area contributed by atoms with Crippen molar-refractivity contribution >= 4 is 22.4 Å². The van der Waals surface area contributed by atoms with Gasteiger partial charge >= 0.3 is 0 Å². The molecule has 2 rings (SSSR count). The van der Waals surface area contributed by atoms with Crippen LogP contribution < -0.4 is 10.6 Å². The second-order valence-corrected chi connectivity index (χ2v) is 4.58. The Kier molecular flexibility index (Phi) is 4.34. The summed E-state index contributed by atoms with van der Waals surface area (Å²) in [5.74, 6) is 1.05. The van der Waals surface area contributed by atoms with Gasteiger partial charge in [-0.3, -0.25) is 0 Å². The number of aromatic nitrogens is 2. The molecular formula is C14H19N5O. The van der Waals surface area contributed by atoms with E-state index in [0.717, 1.165) is 28.8 Å². The third-order valence-electron chi connectivity index (χ3n) is 3.30. The number of nitrogens with zero attached hydrogens (tertiary/aromatic N) is 4. The highest BCUT2D eigenvalue weighted by molar-refractivity contribution is 5.93. The smallest absolute Gasteiger partial charge is 0.159 e. The second kappa shape index (κ2) is 6.18. The lowest BCUT2D eigenvalue weighted by Gasteiger charge is -2.22. The molecule has 0 spiro atoms. The molecule has 6 nitrogen and oxygen atoms in total. The van der Waals surface area contributed by atoms with Crippen molar-refractivity contribution in [1.82, 2.24) is 10.2 Å². The monoisotopic (exact) mass is 273 g/mol. The molecule has 0 aliphatic carbocycles. The first-order chi connectivity index (χ1) is 9.67. The van der Waals surface area contributed by atoms with Crippen LogP contribution in [0.5, 0.6) is 0 Å². The van der Waals surface area contributed by atoms with Gasteiger partial charge in [-0.1, -0.05) is 29.4 Å². The van der Waals surface area contributed by atoms with Gasteiger partial charge in [0.15, 0.2) is 5.82 Å². The molecule has 6 heteroatoms. The fraction of sp³-hybridized carbons (Fsp3) is 0.357. The first-order valence-corrected chi connectivity index (χ1v) is 6.60. The minimum Gasteiger partial charge on any atom is -0.409 e. The molecule has 0 saturated heterocycles. The molecule has 0 amide bonds. The number of fused-ring (bicyclic) bond motifs is 1. The summed E-state index contributed by atoms with van der Waals surface area (Å²) in [6.45, 7) is 5.41. The Morgan fingerprint density at radius 3 is 2.65 bits per heavy atom. The number of hydrogen-bond donors (Lipinski definition) is 2. The van der Waals surface area contributed by atoms with Gasteiger partial charge in [0.05, 0.1) is 5.69 Å². The minimum atomic E-state index is 0.216. The van der Waals surface area contributed by atoms with E-state index in [2.05, 4.69) is 20.3 Å². The van der Waals surface area contributed by atoms with E-state index in [1.165, 1.54) is 0 Å². The third kappa shape index (κ3) is 2.79. The molecule has 1 aromatic heterocycles. The van der Waals surface area contributed by atoms with Crippen LogP contribution in [0.3, 0.4) is 0 Å². The minimum absolute atomic E-state index is 0.216. The van der Waals surface area contributed by atoms with Crippen molar-refractivity contribution in [2.24, 2.45) is 10.9 Å². The Labute approximate surface area is 117 Å². The maximum absolute atomic E-state index is 8.62. The van der Waals surface area contributed by atoms with Gasteiger partial charge in [-0.2, -0.15) is 5.10 Å². The average Bonchev–Trinajstić information content (AvgIpc) is 2.49. The van der Waals surface area contributed by atoms with Gasteiger partial charge < -0.3 is 15.8 Å². The van der Waals surface area contributed by atoms with Gasteiger partial charge in [-0.25, -0.2) is 0 Å². The topological polar surface area (TPSA) is 87.6 Å². The van der Waals surface area contributed by atoms with E-state index in [0.29, 0.717) is 13.0 Å². The van der Waals surface area contributed by atoms with Gasteiger partial charge in [0.2, 0.25) is 0 Å². The van der Waals surface area contributed by atoms with Crippen LogP contribution in [0.15, 0.2) is 29.4 Å². The van der Waals surface area contributed by atoms with Crippen molar-refractivity contribution in [3.63, 3.8) is 0 Å². The van der Waals surface area contributed by atoms with E-state index < -0.39 is 0 Å². The molecule has 1 aromatic carbocycles. The Morgan fingerprint density at radius 2 is 2.00 bits per heavy atom. The Bertz CT molecular complexity index is 626. The number of amidine groups is 1. The highest BCUT2D eigenvalue weighted by Crippen LogP contribution is 2.25. The highest BCUT2D eigenvalue weighted by atomic mass is 16.4. The molecule has 0 atom stereocenters. The van der Waals surface area contributed by atoms with E-state index in [9.17, 15) is 0 Å². The Balaban J connectivity index is 2.37. The van der Waals surface area contributed by atoms with Crippen molar-refractivity contribution in [2.45, 2.75) is 20.3 Å². The van der Waals surface area contributed by atoms with E-state index in [1.807, 2.05) is 38.1 Å². The summed E-state index contributed by atoms with van der Waals surface area (Å²) < 4.78 is 0. The van der Waals surface area contributed by atoms with Crippen LogP contribution in [0.25, 0.3) is 10.8 Å². The second-order valence-electron chi connectivity index (χ2n) is 4.58. The predicted molar refractivity (Wildman–Crippen MR) is 80.2 cm³/mol. The molecule has 2 aromatic rings. The van der Waals surface area contributed by atoms with Crippen molar-refractivity contribution in [3.05, 3.63) is 30.0 Å². The summed E-state index contributed by atoms with van der Waals surface area (Å²) >= 11 is 0. The molecule has 0 bridgehead atoms. The standard InChI is InChI=1S/C14H19N5O/c1-3-19(9-8-13(15)18-20)14-12-7-5-4-6-11(12)10(2)16-17-14/h4-7,20H,3,8-9H2,1-2H3,(H2,15,18). The summed E-state index contributed by atoms with van der Waals surface area (Å²) in [6, 6.07) is 8.07. The van der Waals surface area contributed by atoms with Crippen molar-refractivity contribution in [3.8, 4) is 0 Å². The maximum Gasteiger partial charge on any atom is 0.159 e. The lowest BCUT2D eigenvalue weighted by atomic mass is 10.1. The van der Waals surface area contributed by atoms with Crippen LogP contribution in [0, 0.1) is 6.92 Å². The van der Waals surface area contributed by atoms with E-state index >= 15 is 0 Å². The van der Waals surface area contributed by atoms with Crippen LogP contribution in [-0.4, -0.2) is 34.3 Å². The quantitative estimate of drug-likeness (QED) is 0.376. The van der Waals surface area contributed by atoms with Crippen molar-refractivity contribution < 1.29 is 5.21 Å². The predicted octanol–water partition coefficient (Wildman–Crippen LogP) is 1.90. The van der Waals surface area contributed by atoms with Crippen molar-refractivity contribution in [2.75, 3.05) is 18.0 Å². The molecule has 20 heavy (non-hydrogen) atoms. The number of anilines is 1. The third-order valence-corrected chi connectivity index (χ3v) is 3.30. The number of benzene rings is 1. The van der Waals surface area contributed by atoms with E-state index in [-0.39, 0.29) is 5.84 Å². The Hall–Kier alpha value is -2.37. The molecular weight excluding hydrogens is 254 g/mol. The SMILES string of the molecule is CCN(CCC(N)=NO)c1nnc(C)c2ccccc12. The largest absolute Gasteiger partial charge is 0.409 e. The molecule has 0 aliphatic rings. The molecule has 0 saturated carbocycles. The maximum atomic E-state index is 8.62. The number of hydrogen-bond acceptors (Lipinski definition) is 5. The summed E-state index contributed by atoms with van der Waals surface area (Å²) in [5.41, 5.74) is 6.44. The number of oxime groups is 1. The van der Waals surface area contributed by atoms with Crippen LogP contribution >= 0.6 is 0 Å². The molecule has 0 fully saturated rings. The van der Waals surface area contributed by atoms with Crippen molar-refractivity contribution in [1.29, 1.82) is 0 Å². The average molecular weight is 273 g/mol. The molecule has 0 aliphatic heterocycles. The molecule has 3 N–H and O–H groups in total. The lowest BCUT2D eigenvalue weighted by Crippen LogP contribution is -2.29. The number of nitrogens with two attached hydrogens (primary N) is 1. The molecule has 0 radical (unpaired) electrons. The van der Waals surface area contributed by atoms with Gasteiger partial charge in [0, 0.05) is 30.3 Å². The zero-order valence-corrected chi connectivity index (χ0v) is 11.7. The van der Waals surface area contributed by atoms with Crippen LogP contribution in [-0.2, 0) is 0 Å². The molecule has 1 heterocycles. The van der Waals surface area contributed by atoms with Crippen LogP contribution in [0.4, 0.5) is 5.82 Å². The van der Waals surface area contributed by atoms with E-state index in [4.69, 9.17) is 10.9 Å². The zero-order valence-electron chi connectivity index (χ0n) is 11.7. The highest BCUT2D eigenvalue weighted by Gasteiger charge is 2.12. The van der Waals surface area contributed by atoms with Crippen LogP contribution in [0.2, 0.25) is 0 Å². The summed E-state index contributed by atoms with van der Waals surface area (Å²) in [5, 5.41) is 22.3. The lowest BCUT2D eigenvalue weighted by molar-refractivity contribution is 0.317. The fourth-order valence-corrected chi connectivity index (χ4v) is 2.17. The molecule has 0 unspecified atom stereocenters.